The van der Waals surface area contributed by atoms with E-state index in [2.05, 4.69) is 35.5 Å². The number of pyridine rings is 1. The number of benzene rings is 1. The van der Waals surface area contributed by atoms with E-state index >= 15 is 0 Å². The summed E-state index contributed by atoms with van der Waals surface area (Å²) in [6.45, 7) is 4.74. The second-order valence-corrected chi connectivity index (χ2v) is 6.31. The first-order valence-corrected chi connectivity index (χ1v) is 8.64. The number of aromatic nitrogens is 2. The van der Waals surface area contributed by atoms with E-state index in [0.717, 1.165) is 22.6 Å². The molecule has 3 aromatic rings. The normalized spacial score (nSPS) is 10.7. The molecule has 0 spiro atoms. The lowest BCUT2D eigenvalue weighted by Crippen LogP contribution is -2.33. The van der Waals surface area contributed by atoms with Crippen molar-refractivity contribution >= 4 is 5.91 Å². The second kappa shape index (κ2) is 7.97. The van der Waals surface area contributed by atoms with Crippen LogP contribution in [-0.2, 0) is 6.54 Å². The monoisotopic (exact) mass is 349 g/mol. The molecule has 5 nitrogen and oxygen atoms in total. The Morgan fingerprint density at radius 2 is 1.77 bits per heavy atom. The van der Waals surface area contributed by atoms with E-state index in [1.54, 1.807) is 17.3 Å². The van der Waals surface area contributed by atoms with Gasteiger partial charge in [-0.3, -0.25) is 9.78 Å². The Labute approximate surface area is 153 Å². The van der Waals surface area contributed by atoms with Gasteiger partial charge in [0.2, 0.25) is 0 Å². The molecule has 2 aromatic heterocycles. The molecule has 1 aromatic carbocycles. The molecule has 0 unspecified atom stereocenters. The van der Waals surface area contributed by atoms with Crippen LogP contribution in [0.15, 0.2) is 60.9 Å². The maximum absolute atomic E-state index is 12.9. The van der Waals surface area contributed by atoms with Crippen molar-refractivity contribution in [2.45, 2.75) is 20.4 Å². The van der Waals surface area contributed by atoms with Crippen LogP contribution in [0.2, 0.25) is 0 Å². The number of carbonyl (C=O) groups is 1. The lowest BCUT2D eigenvalue weighted by atomic mass is 10.1. The molecule has 0 fully saturated rings. The van der Waals surface area contributed by atoms with Gasteiger partial charge in [0, 0.05) is 48.1 Å². The highest BCUT2D eigenvalue weighted by Gasteiger charge is 2.16. The number of amides is 1. The summed E-state index contributed by atoms with van der Waals surface area (Å²) in [5, 5.41) is 9.33. The Morgan fingerprint density at radius 3 is 2.35 bits per heavy atom. The second-order valence-electron chi connectivity index (χ2n) is 6.31. The van der Waals surface area contributed by atoms with Crippen LogP contribution >= 0.6 is 0 Å². The number of rotatable bonds is 6. The zero-order valence-electron chi connectivity index (χ0n) is 15.1. The molecule has 26 heavy (non-hydrogen) atoms. The third kappa shape index (κ3) is 3.83. The van der Waals surface area contributed by atoms with Gasteiger partial charge < -0.3 is 14.6 Å². The largest absolute Gasteiger partial charge is 0.395 e. The smallest absolute Gasteiger partial charge is 0.254 e. The predicted molar refractivity (Wildman–Crippen MR) is 101 cm³/mol. The van der Waals surface area contributed by atoms with E-state index in [4.69, 9.17) is 0 Å². The molecular formula is C21H23N3O2. The lowest BCUT2D eigenvalue weighted by molar-refractivity contribution is 0.0707. The van der Waals surface area contributed by atoms with Gasteiger partial charge in [-0.15, -0.1) is 0 Å². The van der Waals surface area contributed by atoms with Crippen molar-refractivity contribution in [3.8, 4) is 5.69 Å². The molecule has 3 rings (SSSR count). The highest BCUT2D eigenvalue weighted by Crippen LogP contribution is 2.18. The van der Waals surface area contributed by atoms with Gasteiger partial charge in [0.15, 0.2) is 0 Å². The summed E-state index contributed by atoms with van der Waals surface area (Å²) in [6, 6.07) is 15.5. The maximum Gasteiger partial charge on any atom is 0.254 e. The molecule has 0 atom stereocenters. The molecular weight excluding hydrogens is 326 g/mol. The van der Waals surface area contributed by atoms with Crippen LogP contribution in [0.1, 0.15) is 27.3 Å². The summed E-state index contributed by atoms with van der Waals surface area (Å²) < 4.78 is 2.15. The fourth-order valence-electron chi connectivity index (χ4n) is 3.10. The van der Waals surface area contributed by atoms with E-state index < -0.39 is 0 Å². The maximum atomic E-state index is 12.9. The van der Waals surface area contributed by atoms with Gasteiger partial charge in [-0.2, -0.15) is 0 Å². The molecule has 0 aliphatic carbocycles. The molecule has 0 bridgehead atoms. The van der Waals surface area contributed by atoms with Crippen molar-refractivity contribution < 1.29 is 9.90 Å². The molecule has 1 N–H and O–H groups in total. The van der Waals surface area contributed by atoms with Gasteiger partial charge >= 0.3 is 0 Å². The van der Waals surface area contributed by atoms with Gasteiger partial charge in [0.25, 0.3) is 5.91 Å². The molecule has 0 saturated heterocycles. The van der Waals surface area contributed by atoms with Crippen molar-refractivity contribution in [3.05, 3.63) is 83.4 Å². The third-order valence-corrected chi connectivity index (χ3v) is 4.40. The summed E-state index contributed by atoms with van der Waals surface area (Å²) in [7, 11) is 0. The summed E-state index contributed by atoms with van der Waals surface area (Å²) in [4.78, 5) is 18.6. The Balaban J connectivity index is 1.81. The van der Waals surface area contributed by atoms with Crippen LogP contribution in [0.5, 0.6) is 0 Å². The van der Waals surface area contributed by atoms with Crippen LogP contribution in [0, 0.1) is 13.8 Å². The Morgan fingerprint density at radius 1 is 1.08 bits per heavy atom. The summed E-state index contributed by atoms with van der Waals surface area (Å²) in [5.74, 6) is -0.101. The molecule has 0 saturated carbocycles. The Bertz CT molecular complexity index is 851. The van der Waals surface area contributed by atoms with E-state index in [1.807, 2.05) is 36.4 Å². The van der Waals surface area contributed by atoms with Gasteiger partial charge in [0.1, 0.15) is 0 Å². The number of hydrogen-bond acceptors (Lipinski definition) is 3. The van der Waals surface area contributed by atoms with Crippen LogP contribution in [0.4, 0.5) is 0 Å². The van der Waals surface area contributed by atoms with Crippen LogP contribution in [0.3, 0.4) is 0 Å². The quantitative estimate of drug-likeness (QED) is 0.744. The molecule has 1 amide bonds. The number of carbonyl (C=O) groups excluding carboxylic acids is 1. The SMILES string of the molecule is Cc1ccc(C)n1-c1ccc(C(=O)N(CCO)Cc2cccnc2)cc1. The summed E-state index contributed by atoms with van der Waals surface area (Å²) in [5.41, 5.74) is 4.88. The zero-order chi connectivity index (χ0) is 18.5. The van der Waals surface area contributed by atoms with Gasteiger partial charge in [-0.1, -0.05) is 6.07 Å². The molecule has 5 heteroatoms. The van der Waals surface area contributed by atoms with Gasteiger partial charge in [-0.25, -0.2) is 0 Å². The fourth-order valence-corrected chi connectivity index (χ4v) is 3.10. The molecule has 0 radical (unpaired) electrons. The van der Waals surface area contributed by atoms with Crippen molar-refractivity contribution in [2.75, 3.05) is 13.2 Å². The summed E-state index contributed by atoms with van der Waals surface area (Å²) in [6.07, 6.45) is 3.43. The van der Waals surface area contributed by atoms with Crippen LogP contribution in [0.25, 0.3) is 5.69 Å². The topological polar surface area (TPSA) is 58.4 Å². The van der Waals surface area contributed by atoms with Gasteiger partial charge in [-0.05, 0) is 61.9 Å². The van der Waals surface area contributed by atoms with Crippen molar-refractivity contribution in [3.63, 3.8) is 0 Å². The van der Waals surface area contributed by atoms with E-state index in [-0.39, 0.29) is 19.1 Å². The van der Waals surface area contributed by atoms with Crippen LogP contribution in [-0.4, -0.2) is 38.6 Å². The van der Waals surface area contributed by atoms with E-state index in [1.165, 1.54) is 0 Å². The first-order chi connectivity index (χ1) is 12.6. The Hall–Kier alpha value is -2.92. The number of hydrogen-bond donors (Lipinski definition) is 1. The minimum Gasteiger partial charge on any atom is -0.395 e. The minimum absolute atomic E-state index is 0.0775. The number of nitrogens with zero attached hydrogens (tertiary/aromatic N) is 3. The number of aliphatic hydroxyl groups is 1. The molecule has 0 aliphatic rings. The average Bonchev–Trinajstić information content (AvgIpc) is 3.00. The first-order valence-electron chi connectivity index (χ1n) is 8.64. The highest BCUT2D eigenvalue weighted by atomic mass is 16.3. The molecule has 134 valence electrons. The third-order valence-electron chi connectivity index (χ3n) is 4.40. The van der Waals surface area contributed by atoms with E-state index in [0.29, 0.717) is 12.1 Å². The Kier molecular flexibility index (Phi) is 5.49. The van der Waals surface area contributed by atoms with Crippen molar-refractivity contribution in [1.82, 2.24) is 14.5 Å². The minimum atomic E-state index is -0.101. The lowest BCUT2D eigenvalue weighted by Gasteiger charge is -2.22. The van der Waals surface area contributed by atoms with Crippen molar-refractivity contribution in [1.29, 1.82) is 0 Å². The summed E-state index contributed by atoms with van der Waals surface area (Å²) >= 11 is 0. The first kappa shape index (κ1) is 17.9. The fraction of sp³-hybridized carbons (Fsp3) is 0.238. The average molecular weight is 349 g/mol. The van der Waals surface area contributed by atoms with Crippen molar-refractivity contribution in [2.24, 2.45) is 0 Å². The number of aliphatic hydroxyl groups excluding tert-OH is 1. The predicted octanol–water partition coefficient (Wildman–Crippen LogP) is 3.12. The molecule has 2 heterocycles. The number of aryl methyl sites for hydroxylation is 2. The standard InChI is InChI=1S/C21H23N3O2/c1-16-5-6-17(2)24(16)20-9-7-19(8-10-20)21(26)23(12-13-25)15-18-4-3-11-22-14-18/h3-11,14,25H,12-13,15H2,1-2H3. The molecule has 0 aliphatic heterocycles. The highest BCUT2D eigenvalue weighted by molar-refractivity contribution is 5.94. The zero-order valence-corrected chi connectivity index (χ0v) is 15.1. The van der Waals surface area contributed by atoms with E-state index in [9.17, 15) is 9.90 Å². The van der Waals surface area contributed by atoms with Crippen LogP contribution < -0.4 is 0 Å². The van der Waals surface area contributed by atoms with Gasteiger partial charge in [0.05, 0.1) is 6.61 Å².